The fourth-order valence-corrected chi connectivity index (χ4v) is 4.30. The average Bonchev–Trinajstić information content (AvgIpc) is 3.45. The Morgan fingerprint density at radius 2 is 2.07 bits per heavy atom. The number of benzene rings is 1. The van der Waals surface area contributed by atoms with E-state index in [0.717, 1.165) is 42.8 Å². The molecular formula is C22H26FN3OS. The predicted octanol–water partition coefficient (Wildman–Crippen LogP) is 3.98. The van der Waals surface area contributed by atoms with Gasteiger partial charge in [0.2, 0.25) is 0 Å². The summed E-state index contributed by atoms with van der Waals surface area (Å²) < 4.78 is 16.4. The number of hydrogen-bond donors (Lipinski definition) is 1. The molecule has 2 atom stereocenters. The van der Waals surface area contributed by atoms with Crippen LogP contribution in [0.4, 0.5) is 4.39 Å². The van der Waals surface area contributed by atoms with E-state index in [0.29, 0.717) is 12.1 Å². The highest BCUT2D eigenvalue weighted by molar-refractivity contribution is 7.81. The van der Waals surface area contributed by atoms with Crippen LogP contribution in [0, 0.1) is 18.7 Å². The van der Waals surface area contributed by atoms with Crippen molar-refractivity contribution < 1.29 is 9.18 Å². The Hall–Kier alpha value is -1.92. The Morgan fingerprint density at radius 1 is 1.32 bits per heavy atom. The number of carbonyl (C=O) groups excluding carboxylic acids is 1. The van der Waals surface area contributed by atoms with E-state index in [9.17, 15) is 9.18 Å². The zero-order valence-corrected chi connectivity index (χ0v) is 17.2. The number of aromatic nitrogens is 2. The minimum absolute atomic E-state index is 0.0745. The topological polar surface area (TPSA) is 38.1 Å². The molecule has 2 aromatic rings. The molecule has 4 nitrogen and oxygen atoms in total. The third-order valence-electron chi connectivity index (χ3n) is 5.69. The van der Waals surface area contributed by atoms with Crippen molar-refractivity contribution in [1.82, 2.24) is 14.7 Å². The van der Waals surface area contributed by atoms with Crippen LogP contribution in [0.5, 0.6) is 0 Å². The fourth-order valence-electron chi connectivity index (χ4n) is 4.03. The van der Waals surface area contributed by atoms with Crippen molar-refractivity contribution in [3.05, 3.63) is 58.7 Å². The van der Waals surface area contributed by atoms with Crippen LogP contribution < -0.4 is 0 Å². The first-order valence-corrected chi connectivity index (χ1v) is 10.4. The van der Waals surface area contributed by atoms with E-state index in [1.807, 2.05) is 30.8 Å². The first-order valence-electron chi connectivity index (χ1n) is 9.85. The van der Waals surface area contributed by atoms with Gasteiger partial charge in [0.25, 0.3) is 0 Å². The lowest BCUT2D eigenvalue weighted by atomic mass is 9.93. The number of hydrogen-bond acceptors (Lipinski definition) is 4. The van der Waals surface area contributed by atoms with Crippen molar-refractivity contribution in [3.8, 4) is 0 Å². The van der Waals surface area contributed by atoms with Crippen molar-refractivity contribution in [1.29, 1.82) is 0 Å². The Kier molecular flexibility index (Phi) is 5.43. The Morgan fingerprint density at radius 3 is 2.71 bits per heavy atom. The highest BCUT2D eigenvalue weighted by Gasteiger charge is 2.40. The molecule has 2 fully saturated rings. The number of rotatable bonds is 5. The smallest absolute Gasteiger partial charge is 0.157 e. The number of nitrogens with zero attached hydrogens (tertiary/aromatic N) is 3. The van der Waals surface area contributed by atoms with E-state index in [4.69, 9.17) is 12.6 Å². The monoisotopic (exact) mass is 399 g/mol. The summed E-state index contributed by atoms with van der Waals surface area (Å²) in [6.45, 7) is 3.30. The largest absolute Gasteiger partial charge is 0.297 e. The van der Waals surface area contributed by atoms with Gasteiger partial charge in [-0.1, -0.05) is 18.2 Å². The number of aryl methyl sites for hydroxylation is 2. The van der Waals surface area contributed by atoms with E-state index < -0.39 is 6.04 Å². The molecule has 6 heteroatoms. The minimum Gasteiger partial charge on any atom is -0.297 e. The zero-order valence-electron chi connectivity index (χ0n) is 16.3. The van der Waals surface area contributed by atoms with E-state index in [2.05, 4.69) is 16.1 Å². The molecule has 2 unspecified atom stereocenters. The summed E-state index contributed by atoms with van der Waals surface area (Å²) >= 11 is 4.77. The number of thiol groups is 1. The summed E-state index contributed by atoms with van der Waals surface area (Å²) in [5.74, 6) is -0.0776. The number of likely N-dealkylation sites (tertiary alicyclic amines) is 1. The Labute approximate surface area is 170 Å². The number of halogens is 1. The first-order chi connectivity index (χ1) is 13.4. The van der Waals surface area contributed by atoms with E-state index in [-0.39, 0.29) is 22.8 Å². The number of ketones is 1. The molecule has 1 saturated carbocycles. The van der Waals surface area contributed by atoms with Crippen LogP contribution in [-0.4, -0.2) is 38.8 Å². The lowest BCUT2D eigenvalue weighted by Gasteiger charge is -2.37. The molecular weight excluding hydrogens is 373 g/mol. The SMILES string of the molecule is Cc1cc(/C=C2\CN(C(C(=O)C3CC3)c3ccccc3F)CCC2S)n(C)n1. The van der Waals surface area contributed by atoms with E-state index in [1.165, 1.54) is 6.07 Å². The maximum atomic E-state index is 14.6. The molecule has 2 aliphatic rings. The highest BCUT2D eigenvalue weighted by atomic mass is 32.1. The quantitative estimate of drug-likeness (QED) is 0.773. The third kappa shape index (κ3) is 3.94. The van der Waals surface area contributed by atoms with Crippen molar-refractivity contribution >= 4 is 24.5 Å². The standard InChI is InChI=1S/C22H26FN3OS/c1-14-11-17(25(2)24-14)12-16-13-26(10-9-20(16)28)21(22(27)15-7-8-15)18-5-3-4-6-19(18)23/h3-6,11-12,15,20-21,28H,7-10,13H2,1-2H3/b16-12+. The summed E-state index contributed by atoms with van der Waals surface area (Å²) in [5, 5.41) is 4.53. The highest BCUT2D eigenvalue weighted by Crippen LogP contribution is 2.39. The lowest BCUT2D eigenvalue weighted by Crippen LogP contribution is -2.42. The van der Waals surface area contributed by atoms with E-state index >= 15 is 0 Å². The van der Waals surface area contributed by atoms with Gasteiger partial charge in [-0.05, 0) is 50.0 Å². The Balaban J connectivity index is 1.66. The normalized spacial score (nSPS) is 23.1. The average molecular weight is 400 g/mol. The van der Waals surface area contributed by atoms with Crippen molar-refractivity contribution in [2.45, 2.75) is 37.5 Å². The summed E-state index contributed by atoms with van der Waals surface area (Å²) in [6, 6.07) is 8.20. The summed E-state index contributed by atoms with van der Waals surface area (Å²) in [5.41, 5.74) is 3.62. The molecule has 1 aromatic heterocycles. The Bertz CT molecular complexity index is 918. The van der Waals surface area contributed by atoms with Crippen LogP contribution in [0.1, 0.15) is 42.3 Å². The third-order valence-corrected chi connectivity index (χ3v) is 6.28. The molecule has 148 valence electrons. The van der Waals surface area contributed by atoms with Gasteiger partial charge in [0.15, 0.2) is 5.78 Å². The summed E-state index contributed by atoms with van der Waals surface area (Å²) in [7, 11) is 1.92. The van der Waals surface area contributed by atoms with Gasteiger partial charge in [-0.15, -0.1) is 0 Å². The molecule has 0 bridgehead atoms. The van der Waals surface area contributed by atoms with E-state index in [1.54, 1.807) is 12.1 Å². The van der Waals surface area contributed by atoms with Gasteiger partial charge < -0.3 is 0 Å². The van der Waals surface area contributed by atoms with Gasteiger partial charge >= 0.3 is 0 Å². The lowest BCUT2D eigenvalue weighted by molar-refractivity contribution is -0.126. The molecule has 1 saturated heterocycles. The maximum Gasteiger partial charge on any atom is 0.157 e. The minimum atomic E-state index is -0.522. The van der Waals surface area contributed by atoms with Crippen LogP contribution in [0.3, 0.4) is 0 Å². The number of piperidine rings is 1. The van der Waals surface area contributed by atoms with Crippen LogP contribution in [0.2, 0.25) is 0 Å². The molecule has 0 radical (unpaired) electrons. The second-order valence-electron chi connectivity index (χ2n) is 7.93. The van der Waals surface area contributed by atoms with Crippen LogP contribution in [0.15, 0.2) is 35.9 Å². The van der Waals surface area contributed by atoms with Crippen molar-refractivity contribution in [3.63, 3.8) is 0 Å². The van der Waals surface area contributed by atoms with Crippen molar-refractivity contribution in [2.75, 3.05) is 13.1 Å². The van der Waals surface area contributed by atoms with Gasteiger partial charge in [-0.2, -0.15) is 17.7 Å². The maximum absolute atomic E-state index is 14.6. The molecule has 0 spiro atoms. The molecule has 1 aliphatic heterocycles. The van der Waals surface area contributed by atoms with Crippen molar-refractivity contribution in [2.24, 2.45) is 13.0 Å². The second-order valence-corrected chi connectivity index (χ2v) is 8.55. The van der Waals surface area contributed by atoms with Crippen LogP contribution in [-0.2, 0) is 11.8 Å². The van der Waals surface area contributed by atoms with Gasteiger partial charge in [0.1, 0.15) is 5.82 Å². The number of carbonyl (C=O) groups is 1. The molecule has 4 rings (SSSR count). The van der Waals surface area contributed by atoms with Crippen LogP contribution >= 0.6 is 12.6 Å². The molecule has 2 heterocycles. The van der Waals surface area contributed by atoms with Gasteiger partial charge in [0.05, 0.1) is 17.4 Å². The summed E-state index contributed by atoms with van der Waals surface area (Å²) in [4.78, 5) is 15.2. The summed E-state index contributed by atoms with van der Waals surface area (Å²) in [6.07, 6.45) is 4.78. The number of Topliss-reactive ketones (excluding diaryl/α,β-unsaturated/α-hetero) is 1. The van der Waals surface area contributed by atoms with Gasteiger partial charge in [0, 0.05) is 36.9 Å². The molecule has 28 heavy (non-hydrogen) atoms. The molecule has 0 amide bonds. The molecule has 0 N–H and O–H groups in total. The van der Waals surface area contributed by atoms with Gasteiger partial charge in [-0.3, -0.25) is 14.4 Å². The fraction of sp³-hybridized carbons (Fsp3) is 0.455. The van der Waals surface area contributed by atoms with Crippen LogP contribution in [0.25, 0.3) is 6.08 Å². The molecule has 1 aromatic carbocycles. The van der Waals surface area contributed by atoms with Gasteiger partial charge in [-0.25, -0.2) is 4.39 Å². The first kappa shape index (κ1) is 19.4. The molecule has 1 aliphatic carbocycles. The zero-order chi connectivity index (χ0) is 19.8. The second kappa shape index (κ2) is 7.84. The predicted molar refractivity (Wildman–Crippen MR) is 112 cm³/mol.